The molecule has 0 bridgehead atoms. The smallest absolute Gasteiger partial charge is 0.311 e. The first-order valence-electron chi connectivity index (χ1n) is 13.3. The van der Waals surface area contributed by atoms with Crippen LogP contribution in [0.5, 0.6) is 0 Å². The first kappa shape index (κ1) is 29.0. The molecule has 3 atom stereocenters. The minimum Gasteiger partial charge on any atom is -0.618 e. The first-order valence-corrected chi connectivity index (χ1v) is 14.8. The van der Waals surface area contributed by atoms with Gasteiger partial charge in [-0.2, -0.15) is 4.73 Å². The minimum absolute atomic E-state index is 0.0164. The van der Waals surface area contributed by atoms with Crippen LogP contribution in [0.4, 0.5) is 0 Å². The largest absolute Gasteiger partial charge is 0.618 e. The van der Waals surface area contributed by atoms with Crippen LogP contribution in [0, 0.1) is 17.0 Å². The number of carbonyl (C=O) groups excluding carboxylic acids is 3. The number of ketones is 1. The predicted octanol–water partition coefficient (Wildman–Crippen LogP) is 1.75. The highest BCUT2D eigenvalue weighted by molar-refractivity contribution is 7.93. The Hall–Kier alpha value is -2.53. The van der Waals surface area contributed by atoms with E-state index in [0.717, 1.165) is 37.9 Å². The Bertz CT molecular complexity index is 1090. The van der Waals surface area contributed by atoms with Crippen molar-refractivity contribution in [3.8, 4) is 0 Å². The third-order valence-electron chi connectivity index (χ3n) is 7.40. The predicted molar refractivity (Wildman–Crippen MR) is 138 cm³/mol. The molecule has 1 saturated carbocycles. The fourth-order valence-electron chi connectivity index (χ4n) is 5.25. The molecule has 11 heteroatoms. The van der Waals surface area contributed by atoms with Crippen LogP contribution in [0.3, 0.4) is 0 Å². The topological polar surface area (TPSA) is 148 Å². The summed E-state index contributed by atoms with van der Waals surface area (Å²) >= 11 is 0. The average Bonchev–Trinajstić information content (AvgIpc) is 2.98. The SMILES string of the molecule is CC(C)C[C@H](NC(=O)CC1CCCCC1)C(=O)N[C@]1(S(=O)(=O)c2cccc[n+]2[O-])CC[C@@H](C)NCC1=O. The van der Waals surface area contributed by atoms with E-state index in [-0.39, 0.29) is 54.3 Å². The molecule has 2 amide bonds. The Morgan fingerprint density at radius 1 is 1.19 bits per heavy atom. The second kappa shape index (κ2) is 12.3. The molecule has 3 N–H and O–H groups in total. The third-order valence-corrected chi connectivity index (χ3v) is 9.71. The maximum atomic E-state index is 13.9. The van der Waals surface area contributed by atoms with Gasteiger partial charge in [0.25, 0.3) is 9.84 Å². The number of aromatic nitrogens is 1. The van der Waals surface area contributed by atoms with Crippen molar-refractivity contribution in [3.63, 3.8) is 0 Å². The quantitative estimate of drug-likeness (QED) is 0.322. The van der Waals surface area contributed by atoms with Crippen LogP contribution in [0.15, 0.2) is 29.4 Å². The molecule has 2 fully saturated rings. The molecule has 0 radical (unpaired) electrons. The van der Waals surface area contributed by atoms with E-state index >= 15 is 0 Å². The Kier molecular flexibility index (Phi) is 9.68. The summed E-state index contributed by atoms with van der Waals surface area (Å²) in [5, 5.41) is 20.2. The van der Waals surface area contributed by atoms with Gasteiger partial charge < -0.3 is 21.2 Å². The van der Waals surface area contributed by atoms with Gasteiger partial charge in [-0.25, -0.2) is 8.42 Å². The molecule has 206 valence electrons. The number of hydrogen-bond donors (Lipinski definition) is 3. The van der Waals surface area contributed by atoms with E-state index in [9.17, 15) is 28.0 Å². The van der Waals surface area contributed by atoms with Crippen molar-refractivity contribution < 1.29 is 27.5 Å². The van der Waals surface area contributed by atoms with Gasteiger partial charge in [0.1, 0.15) is 6.04 Å². The lowest BCUT2D eigenvalue weighted by atomic mass is 9.86. The molecule has 2 heterocycles. The van der Waals surface area contributed by atoms with Crippen molar-refractivity contribution >= 4 is 27.4 Å². The zero-order valence-electron chi connectivity index (χ0n) is 22.0. The summed E-state index contributed by atoms with van der Waals surface area (Å²) in [4.78, 5) is 37.6. The van der Waals surface area contributed by atoms with Crippen molar-refractivity contribution in [3.05, 3.63) is 29.6 Å². The van der Waals surface area contributed by atoms with Crippen LogP contribution >= 0.6 is 0 Å². The number of nitrogens with one attached hydrogen (secondary N) is 3. The van der Waals surface area contributed by atoms with Crippen molar-refractivity contribution in [1.29, 1.82) is 0 Å². The number of amides is 2. The monoisotopic (exact) mass is 536 g/mol. The van der Waals surface area contributed by atoms with E-state index in [1.165, 1.54) is 18.6 Å². The summed E-state index contributed by atoms with van der Waals surface area (Å²) in [5.41, 5.74) is 0. The number of rotatable bonds is 9. The fourth-order valence-corrected chi connectivity index (χ4v) is 7.16. The summed E-state index contributed by atoms with van der Waals surface area (Å²) in [5.74, 6) is -1.46. The van der Waals surface area contributed by atoms with Crippen LogP contribution in [0.2, 0.25) is 0 Å². The molecule has 3 rings (SSSR count). The van der Waals surface area contributed by atoms with Gasteiger partial charge in [0.2, 0.25) is 16.7 Å². The number of pyridine rings is 1. The Morgan fingerprint density at radius 2 is 1.89 bits per heavy atom. The van der Waals surface area contributed by atoms with Crippen LogP contribution in [0.1, 0.15) is 78.6 Å². The molecule has 1 aliphatic heterocycles. The van der Waals surface area contributed by atoms with Crippen molar-refractivity contribution in [1.82, 2.24) is 16.0 Å². The molecule has 37 heavy (non-hydrogen) atoms. The molecule has 1 aromatic rings. The molecule has 1 aromatic heterocycles. The van der Waals surface area contributed by atoms with E-state index in [0.29, 0.717) is 6.42 Å². The highest BCUT2D eigenvalue weighted by Crippen LogP contribution is 2.31. The zero-order chi connectivity index (χ0) is 27.2. The molecular formula is C26H40N4O6S. The number of hydrogen-bond acceptors (Lipinski definition) is 7. The second-order valence-corrected chi connectivity index (χ2v) is 13.0. The number of carbonyl (C=O) groups is 3. The lowest BCUT2D eigenvalue weighted by Gasteiger charge is -2.33. The molecule has 1 aliphatic carbocycles. The summed E-state index contributed by atoms with van der Waals surface area (Å²) < 4.78 is 28.0. The second-order valence-electron chi connectivity index (χ2n) is 10.9. The Balaban J connectivity index is 1.92. The summed E-state index contributed by atoms with van der Waals surface area (Å²) in [6.45, 7) is 5.33. The molecule has 2 aliphatic rings. The van der Waals surface area contributed by atoms with Gasteiger partial charge >= 0.3 is 5.03 Å². The van der Waals surface area contributed by atoms with Gasteiger partial charge in [-0.15, -0.1) is 0 Å². The molecule has 0 unspecified atom stereocenters. The average molecular weight is 537 g/mol. The number of sulfone groups is 1. The number of nitrogens with zero attached hydrogens (tertiary/aromatic N) is 1. The Labute approximate surface area is 219 Å². The highest BCUT2D eigenvalue weighted by Gasteiger charge is 2.56. The molecule has 0 spiro atoms. The van der Waals surface area contributed by atoms with E-state index < -0.39 is 37.5 Å². The van der Waals surface area contributed by atoms with Gasteiger partial charge in [0.05, 0.1) is 6.54 Å². The van der Waals surface area contributed by atoms with Gasteiger partial charge in [-0.3, -0.25) is 14.4 Å². The van der Waals surface area contributed by atoms with Crippen molar-refractivity contribution in [2.75, 3.05) is 6.54 Å². The normalized spacial score (nSPS) is 24.3. The Morgan fingerprint density at radius 3 is 2.54 bits per heavy atom. The van der Waals surface area contributed by atoms with E-state index in [1.807, 2.05) is 20.8 Å². The third kappa shape index (κ3) is 6.87. The minimum atomic E-state index is -4.64. The van der Waals surface area contributed by atoms with Crippen LogP contribution < -0.4 is 20.7 Å². The van der Waals surface area contributed by atoms with Gasteiger partial charge in [-0.1, -0.05) is 33.1 Å². The van der Waals surface area contributed by atoms with Crippen LogP contribution in [-0.2, 0) is 24.2 Å². The van der Waals surface area contributed by atoms with E-state index in [4.69, 9.17) is 0 Å². The van der Waals surface area contributed by atoms with Crippen LogP contribution in [0.25, 0.3) is 0 Å². The summed E-state index contributed by atoms with van der Waals surface area (Å²) in [6.07, 6.45) is 6.98. The van der Waals surface area contributed by atoms with Gasteiger partial charge in [0, 0.05) is 24.6 Å². The molecule has 0 aromatic carbocycles. The molecular weight excluding hydrogens is 496 g/mol. The standard InChI is InChI=1S/C26H40N4O6S/c1-18(2)15-21(28-23(32)16-20-9-5-4-6-10-20)25(33)29-26(13-12-19(3)27-17-22(26)31)37(35,36)24-11-7-8-14-30(24)34/h7-8,11,14,18-21,27H,4-6,9-10,12-13,15-17H2,1-3H3,(H,28,32)(H,29,33)/t19-,21+,26+/m1/s1. The van der Waals surface area contributed by atoms with Gasteiger partial charge in [0.15, 0.2) is 12.0 Å². The van der Waals surface area contributed by atoms with Gasteiger partial charge in [-0.05, 0) is 56.9 Å². The van der Waals surface area contributed by atoms with Crippen molar-refractivity contribution in [2.45, 2.75) is 101 Å². The van der Waals surface area contributed by atoms with Crippen molar-refractivity contribution in [2.24, 2.45) is 11.8 Å². The fraction of sp³-hybridized carbons (Fsp3) is 0.692. The van der Waals surface area contributed by atoms with Crippen LogP contribution in [-0.4, -0.2) is 49.5 Å². The maximum Gasteiger partial charge on any atom is 0.311 e. The number of Topliss-reactive ketones (excluding diaryl/α,β-unsaturated/α-hetero) is 1. The summed E-state index contributed by atoms with van der Waals surface area (Å²) in [6, 6.07) is 2.72. The van der Waals surface area contributed by atoms with E-state index in [1.54, 1.807) is 0 Å². The lowest BCUT2D eigenvalue weighted by molar-refractivity contribution is -0.646. The lowest BCUT2D eigenvalue weighted by Crippen LogP contribution is -2.65. The molecule has 1 saturated heterocycles. The molecule has 10 nitrogen and oxygen atoms in total. The zero-order valence-corrected chi connectivity index (χ0v) is 22.8. The maximum absolute atomic E-state index is 13.9. The first-order chi connectivity index (χ1) is 17.5. The van der Waals surface area contributed by atoms with E-state index in [2.05, 4.69) is 16.0 Å². The summed E-state index contributed by atoms with van der Waals surface area (Å²) in [7, 11) is -4.64. The highest BCUT2D eigenvalue weighted by atomic mass is 32.2.